The van der Waals surface area contributed by atoms with Gasteiger partial charge in [0, 0.05) is 27.2 Å². The molecule has 0 spiro atoms. The van der Waals surface area contributed by atoms with E-state index < -0.39 is 0 Å². The zero-order valence-electron chi connectivity index (χ0n) is 19.0. The SMILES string of the molecule is CNC(=O)/C=C/[C@]1(C)C[C@H](OCOC)[C@@H](OCOC)C(C)(C)[C@H]1CCC(C)C#N. The van der Waals surface area contributed by atoms with E-state index in [1.54, 1.807) is 27.3 Å². The van der Waals surface area contributed by atoms with E-state index in [4.69, 9.17) is 18.9 Å². The van der Waals surface area contributed by atoms with Crippen LogP contribution in [-0.4, -0.2) is 53.0 Å². The second-order valence-corrected chi connectivity index (χ2v) is 8.74. The van der Waals surface area contributed by atoms with Crippen molar-refractivity contribution in [2.45, 2.75) is 59.2 Å². The second-order valence-electron chi connectivity index (χ2n) is 8.74. The summed E-state index contributed by atoms with van der Waals surface area (Å²) < 4.78 is 22.4. The van der Waals surface area contributed by atoms with Crippen LogP contribution in [0.25, 0.3) is 0 Å². The Morgan fingerprint density at radius 2 is 1.86 bits per heavy atom. The minimum Gasteiger partial charge on any atom is -0.359 e. The Kier molecular flexibility index (Phi) is 10.3. The van der Waals surface area contributed by atoms with Crippen LogP contribution in [0, 0.1) is 34.0 Å². The smallest absolute Gasteiger partial charge is 0.243 e. The highest BCUT2D eigenvalue weighted by molar-refractivity contribution is 5.87. The third-order valence-corrected chi connectivity index (χ3v) is 6.14. The van der Waals surface area contributed by atoms with E-state index in [1.807, 2.05) is 13.0 Å². The number of ether oxygens (including phenoxy) is 4. The average molecular weight is 411 g/mol. The molecule has 0 aromatic rings. The number of allylic oxidation sites excluding steroid dienone is 1. The summed E-state index contributed by atoms with van der Waals surface area (Å²) >= 11 is 0. The number of hydrogen-bond donors (Lipinski definition) is 1. The molecule has 1 unspecified atom stereocenters. The summed E-state index contributed by atoms with van der Waals surface area (Å²) in [5.41, 5.74) is -0.595. The van der Waals surface area contributed by atoms with Crippen LogP contribution in [0.1, 0.15) is 47.0 Å². The lowest BCUT2D eigenvalue weighted by atomic mass is 9.53. The van der Waals surface area contributed by atoms with Crippen LogP contribution >= 0.6 is 0 Å². The van der Waals surface area contributed by atoms with Gasteiger partial charge < -0.3 is 24.3 Å². The Morgan fingerprint density at radius 3 is 2.41 bits per heavy atom. The molecule has 5 atom stereocenters. The highest BCUT2D eigenvalue weighted by Gasteiger charge is 2.55. The van der Waals surface area contributed by atoms with Crippen molar-refractivity contribution in [1.29, 1.82) is 5.26 Å². The molecule has 29 heavy (non-hydrogen) atoms. The van der Waals surface area contributed by atoms with Crippen molar-refractivity contribution < 1.29 is 23.7 Å². The third-order valence-electron chi connectivity index (χ3n) is 6.14. The summed E-state index contributed by atoms with van der Waals surface area (Å²) in [5, 5.41) is 11.9. The molecule has 0 heterocycles. The lowest BCUT2D eigenvalue weighted by molar-refractivity contribution is -0.233. The van der Waals surface area contributed by atoms with Crippen LogP contribution in [0.4, 0.5) is 0 Å². The van der Waals surface area contributed by atoms with E-state index in [1.165, 1.54) is 0 Å². The van der Waals surface area contributed by atoms with Gasteiger partial charge in [0.25, 0.3) is 0 Å². The summed E-state index contributed by atoms with van der Waals surface area (Å²) in [5.74, 6) is 0.00928. The molecule has 1 aliphatic rings. The fourth-order valence-electron chi connectivity index (χ4n) is 4.69. The number of nitriles is 1. The van der Waals surface area contributed by atoms with Crippen LogP contribution in [0.15, 0.2) is 12.2 Å². The number of carbonyl (C=O) groups is 1. The van der Waals surface area contributed by atoms with Gasteiger partial charge in [0.1, 0.15) is 13.6 Å². The fraction of sp³-hybridized carbons (Fsp3) is 0.818. The predicted molar refractivity (Wildman–Crippen MR) is 111 cm³/mol. The minimum absolute atomic E-state index is 0.0289. The molecule has 1 amide bonds. The highest BCUT2D eigenvalue weighted by atomic mass is 16.7. The highest BCUT2D eigenvalue weighted by Crippen LogP contribution is 2.55. The Labute approximate surface area is 175 Å². The van der Waals surface area contributed by atoms with Crippen molar-refractivity contribution in [2.24, 2.45) is 22.7 Å². The largest absolute Gasteiger partial charge is 0.359 e. The van der Waals surface area contributed by atoms with Crippen LogP contribution in [0.5, 0.6) is 0 Å². The normalized spacial score (nSPS) is 30.1. The van der Waals surface area contributed by atoms with Gasteiger partial charge in [0.2, 0.25) is 5.91 Å². The maximum absolute atomic E-state index is 11.9. The van der Waals surface area contributed by atoms with Crippen LogP contribution < -0.4 is 5.32 Å². The van der Waals surface area contributed by atoms with Gasteiger partial charge in [0.05, 0.1) is 18.3 Å². The molecule has 1 rings (SSSR count). The number of methoxy groups -OCH3 is 2. The molecule has 7 nitrogen and oxygen atoms in total. The molecule has 0 saturated heterocycles. The van der Waals surface area contributed by atoms with Crippen molar-refractivity contribution in [3.63, 3.8) is 0 Å². The summed E-state index contributed by atoms with van der Waals surface area (Å²) in [6.45, 7) is 8.78. The molecule has 0 radical (unpaired) electrons. The monoisotopic (exact) mass is 410 g/mol. The van der Waals surface area contributed by atoms with E-state index in [0.717, 1.165) is 12.8 Å². The first-order valence-corrected chi connectivity index (χ1v) is 10.2. The third kappa shape index (κ3) is 6.78. The Balaban J connectivity index is 3.31. The summed E-state index contributed by atoms with van der Waals surface area (Å²) in [7, 11) is 4.81. The molecule has 0 bridgehead atoms. The van der Waals surface area contributed by atoms with Crippen molar-refractivity contribution in [3.8, 4) is 6.07 Å². The number of nitrogens with one attached hydrogen (secondary N) is 1. The van der Waals surface area contributed by atoms with Crippen molar-refractivity contribution >= 4 is 5.91 Å². The number of likely N-dealkylation sites (N-methyl/N-ethyl adjacent to an activating group) is 1. The van der Waals surface area contributed by atoms with Crippen LogP contribution in [0.2, 0.25) is 0 Å². The molecule has 1 aliphatic carbocycles. The maximum atomic E-state index is 11.9. The Hall–Kier alpha value is -1.46. The summed E-state index contributed by atoms with van der Waals surface area (Å²) in [4.78, 5) is 11.9. The van der Waals surface area contributed by atoms with Crippen LogP contribution in [0.3, 0.4) is 0 Å². The molecular formula is C22H38N2O5. The Morgan fingerprint density at radius 1 is 1.24 bits per heavy atom. The molecular weight excluding hydrogens is 372 g/mol. The van der Waals surface area contributed by atoms with Gasteiger partial charge in [0.15, 0.2) is 0 Å². The van der Waals surface area contributed by atoms with Crippen molar-refractivity contribution in [2.75, 3.05) is 34.9 Å². The minimum atomic E-state index is -0.309. The second kappa shape index (κ2) is 11.7. The van der Waals surface area contributed by atoms with Gasteiger partial charge in [-0.2, -0.15) is 5.26 Å². The molecule has 0 aliphatic heterocycles. The first-order valence-electron chi connectivity index (χ1n) is 10.2. The summed E-state index contributed by atoms with van der Waals surface area (Å²) in [6.07, 6.45) is 5.47. The van der Waals surface area contributed by atoms with E-state index in [2.05, 4.69) is 32.2 Å². The van der Waals surface area contributed by atoms with Gasteiger partial charge in [-0.3, -0.25) is 4.79 Å². The van der Waals surface area contributed by atoms with Gasteiger partial charge >= 0.3 is 0 Å². The first kappa shape index (κ1) is 25.6. The van der Waals surface area contributed by atoms with Crippen molar-refractivity contribution in [3.05, 3.63) is 12.2 Å². The molecule has 7 heteroatoms. The Bertz CT molecular complexity index is 586. The lowest BCUT2D eigenvalue weighted by Gasteiger charge is -2.56. The van der Waals surface area contributed by atoms with E-state index in [0.29, 0.717) is 6.42 Å². The quantitative estimate of drug-likeness (QED) is 0.415. The van der Waals surface area contributed by atoms with E-state index in [-0.39, 0.29) is 54.4 Å². The maximum Gasteiger partial charge on any atom is 0.243 e. The van der Waals surface area contributed by atoms with Gasteiger partial charge in [-0.05, 0) is 49.0 Å². The molecule has 0 aromatic heterocycles. The number of rotatable bonds is 11. The van der Waals surface area contributed by atoms with Gasteiger partial charge in [-0.1, -0.05) is 26.8 Å². The van der Waals surface area contributed by atoms with Gasteiger partial charge in [-0.15, -0.1) is 0 Å². The number of carbonyl (C=O) groups excluding carboxylic acids is 1. The fourth-order valence-corrected chi connectivity index (χ4v) is 4.69. The number of amides is 1. The predicted octanol–water partition coefficient (Wildman–Crippen LogP) is 3.26. The molecule has 1 N–H and O–H groups in total. The average Bonchev–Trinajstić information content (AvgIpc) is 2.69. The number of hydrogen-bond acceptors (Lipinski definition) is 6. The molecule has 166 valence electrons. The van der Waals surface area contributed by atoms with E-state index in [9.17, 15) is 10.1 Å². The molecule has 1 fully saturated rings. The van der Waals surface area contributed by atoms with Crippen LogP contribution in [-0.2, 0) is 23.7 Å². The molecule has 0 aromatic carbocycles. The lowest BCUT2D eigenvalue weighted by Crippen LogP contribution is -2.58. The van der Waals surface area contributed by atoms with E-state index >= 15 is 0 Å². The zero-order valence-corrected chi connectivity index (χ0v) is 19.0. The zero-order chi connectivity index (χ0) is 22.1. The first-order chi connectivity index (χ1) is 13.7. The van der Waals surface area contributed by atoms with Gasteiger partial charge in [-0.25, -0.2) is 0 Å². The number of nitrogens with zero attached hydrogens (tertiary/aromatic N) is 1. The topological polar surface area (TPSA) is 89.8 Å². The summed E-state index contributed by atoms with van der Waals surface area (Å²) in [6, 6.07) is 2.33. The molecule has 1 saturated carbocycles. The standard InChI is InChI=1S/C22H38N2O5/c1-16(13-23)8-9-18-21(2,3)20(29-15-27-7)17(28-14-26-6)12-22(18,4)11-10-19(25)24-5/h10-11,16-18,20H,8-9,12,14-15H2,1-7H3,(H,24,25)/b11-10+/t16?,17-,18+,20+,22+/m0/s1. The van der Waals surface area contributed by atoms with Crippen molar-refractivity contribution in [1.82, 2.24) is 5.32 Å².